The maximum atomic E-state index is 9.44. The van der Waals surface area contributed by atoms with Gasteiger partial charge in [0.25, 0.3) is 0 Å². The van der Waals surface area contributed by atoms with Crippen LogP contribution in [0.5, 0.6) is 0 Å². The SMILES string of the molecule is O[C@@H]1COC[C@H]1NCc1cnccn1. The molecular weight excluding hydrogens is 182 g/mol. The first-order valence-corrected chi connectivity index (χ1v) is 4.60. The summed E-state index contributed by atoms with van der Waals surface area (Å²) in [5.74, 6) is 0. The summed E-state index contributed by atoms with van der Waals surface area (Å²) in [4.78, 5) is 8.07. The molecule has 1 saturated heterocycles. The van der Waals surface area contributed by atoms with Gasteiger partial charge in [-0.05, 0) is 0 Å². The maximum absolute atomic E-state index is 9.44. The summed E-state index contributed by atoms with van der Waals surface area (Å²) < 4.78 is 5.11. The summed E-state index contributed by atoms with van der Waals surface area (Å²) in [6.45, 7) is 1.58. The predicted octanol–water partition coefficient (Wildman–Crippen LogP) is -0.674. The van der Waals surface area contributed by atoms with Crippen LogP contribution in [0.3, 0.4) is 0 Å². The number of aliphatic hydroxyl groups is 1. The van der Waals surface area contributed by atoms with E-state index < -0.39 is 6.10 Å². The fraction of sp³-hybridized carbons (Fsp3) is 0.556. The van der Waals surface area contributed by atoms with Crippen LogP contribution in [0.15, 0.2) is 18.6 Å². The summed E-state index contributed by atoms with van der Waals surface area (Å²) in [7, 11) is 0. The Hall–Kier alpha value is -1.04. The van der Waals surface area contributed by atoms with E-state index in [0.717, 1.165) is 5.69 Å². The number of aliphatic hydroxyl groups excluding tert-OH is 1. The van der Waals surface area contributed by atoms with Gasteiger partial charge in [0.15, 0.2) is 0 Å². The average molecular weight is 195 g/mol. The molecular formula is C9H13N3O2. The highest BCUT2D eigenvalue weighted by Gasteiger charge is 2.25. The van der Waals surface area contributed by atoms with Gasteiger partial charge in [0.2, 0.25) is 0 Å². The third-order valence-electron chi connectivity index (χ3n) is 2.21. The molecule has 14 heavy (non-hydrogen) atoms. The number of ether oxygens (including phenoxy) is 1. The van der Waals surface area contributed by atoms with E-state index in [-0.39, 0.29) is 6.04 Å². The van der Waals surface area contributed by atoms with Gasteiger partial charge in [-0.2, -0.15) is 0 Å². The minimum absolute atomic E-state index is 0.0111. The molecule has 0 radical (unpaired) electrons. The van der Waals surface area contributed by atoms with Crippen LogP contribution in [0.1, 0.15) is 5.69 Å². The van der Waals surface area contributed by atoms with E-state index in [4.69, 9.17) is 4.74 Å². The third kappa shape index (κ3) is 2.25. The van der Waals surface area contributed by atoms with Crippen molar-refractivity contribution in [3.63, 3.8) is 0 Å². The van der Waals surface area contributed by atoms with E-state index in [9.17, 15) is 5.11 Å². The first-order chi connectivity index (χ1) is 6.86. The molecule has 1 aromatic rings. The van der Waals surface area contributed by atoms with Crippen LogP contribution in [0, 0.1) is 0 Å². The zero-order chi connectivity index (χ0) is 9.80. The molecule has 0 unspecified atom stereocenters. The van der Waals surface area contributed by atoms with E-state index in [1.165, 1.54) is 0 Å². The monoisotopic (exact) mass is 195 g/mol. The van der Waals surface area contributed by atoms with Gasteiger partial charge in [0.05, 0.1) is 31.1 Å². The zero-order valence-corrected chi connectivity index (χ0v) is 7.76. The van der Waals surface area contributed by atoms with Crippen molar-refractivity contribution in [3.8, 4) is 0 Å². The number of rotatable bonds is 3. The van der Waals surface area contributed by atoms with Crippen molar-refractivity contribution in [3.05, 3.63) is 24.3 Å². The summed E-state index contributed by atoms with van der Waals surface area (Å²) >= 11 is 0. The van der Waals surface area contributed by atoms with Gasteiger partial charge in [-0.25, -0.2) is 0 Å². The van der Waals surface area contributed by atoms with Crippen molar-refractivity contribution in [2.24, 2.45) is 0 Å². The molecule has 5 nitrogen and oxygen atoms in total. The lowest BCUT2D eigenvalue weighted by molar-refractivity contribution is 0.122. The second-order valence-corrected chi connectivity index (χ2v) is 3.29. The number of aromatic nitrogens is 2. The highest BCUT2D eigenvalue weighted by Crippen LogP contribution is 2.05. The largest absolute Gasteiger partial charge is 0.389 e. The second kappa shape index (κ2) is 4.45. The predicted molar refractivity (Wildman–Crippen MR) is 49.5 cm³/mol. The molecule has 0 aromatic carbocycles. The van der Waals surface area contributed by atoms with Gasteiger partial charge in [-0.3, -0.25) is 9.97 Å². The zero-order valence-electron chi connectivity index (χ0n) is 7.76. The Bertz CT molecular complexity index is 281. The van der Waals surface area contributed by atoms with Gasteiger partial charge in [0, 0.05) is 25.1 Å². The van der Waals surface area contributed by atoms with Gasteiger partial charge < -0.3 is 15.2 Å². The Kier molecular flexibility index (Phi) is 3.03. The highest BCUT2D eigenvalue weighted by molar-refractivity contribution is 4.95. The number of hydrogen-bond donors (Lipinski definition) is 2. The standard InChI is InChI=1S/C9H13N3O2/c13-9-6-14-5-8(9)12-4-7-3-10-1-2-11-7/h1-3,8-9,12-13H,4-6H2/t8-,9-/m1/s1. The van der Waals surface area contributed by atoms with Crippen molar-refractivity contribution >= 4 is 0 Å². The molecule has 5 heteroatoms. The molecule has 2 rings (SSSR count). The van der Waals surface area contributed by atoms with Crippen LogP contribution < -0.4 is 5.32 Å². The van der Waals surface area contributed by atoms with Gasteiger partial charge in [-0.15, -0.1) is 0 Å². The normalized spacial score (nSPS) is 26.6. The van der Waals surface area contributed by atoms with Crippen molar-refractivity contribution < 1.29 is 9.84 Å². The Morgan fingerprint density at radius 3 is 3.07 bits per heavy atom. The van der Waals surface area contributed by atoms with Crippen LogP contribution in [-0.4, -0.2) is 40.4 Å². The molecule has 1 fully saturated rings. The molecule has 0 bridgehead atoms. The van der Waals surface area contributed by atoms with Gasteiger partial charge >= 0.3 is 0 Å². The van der Waals surface area contributed by atoms with Gasteiger partial charge in [0.1, 0.15) is 0 Å². The smallest absolute Gasteiger partial charge is 0.0948 e. The van der Waals surface area contributed by atoms with Crippen LogP contribution in [0.2, 0.25) is 0 Å². The Labute approximate surface area is 82.1 Å². The molecule has 1 aromatic heterocycles. The number of hydrogen-bond acceptors (Lipinski definition) is 5. The van der Waals surface area contributed by atoms with Crippen LogP contribution in [-0.2, 0) is 11.3 Å². The van der Waals surface area contributed by atoms with Crippen LogP contribution in [0.4, 0.5) is 0 Å². The molecule has 0 aliphatic carbocycles. The summed E-state index contributed by atoms with van der Waals surface area (Å²) in [6.07, 6.45) is 4.58. The molecule has 1 aliphatic rings. The highest BCUT2D eigenvalue weighted by atomic mass is 16.5. The topological polar surface area (TPSA) is 67.3 Å². The Morgan fingerprint density at radius 2 is 2.43 bits per heavy atom. The van der Waals surface area contributed by atoms with Crippen LogP contribution >= 0.6 is 0 Å². The van der Waals surface area contributed by atoms with Crippen molar-refractivity contribution in [2.75, 3.05) is 13.2 Å². The summed E-state index contributed by atoms with van der Waals surface area (Å²) in [6, 6.07) is 0.0111. The summed E-state index contributed by atoms with van der Waals surface area (Å²) in [5.41, 5.74) is 0.867. The molecule has 2 heterocycles. The second-order valence-electron chi connectivity index (χ2n) is 3.29. The van der Waals surface area contributed by atoms with Crippen molar-refractivity contribution in [1.82, 2.24) is 15.3 Å². The minimum atomic E-state index is -0.410. The lowest BCUT2D eigenvalue weighted by Gasteiger charge is -2.13. The van der Waals surface area contributed by atoms with E-state index in [2.05, 4.69) is 15.3 Å². The van der Waals surface area contributed by atoms with Crippen molar-refractivity contribution in [1.29, 1.82) is 0 Å². The van der Waals surface area contributed by atoms with Crippen LogP contribution in [0.25, 0.3) is 0 Å². The molecule has 2 atom stereocenters. The van der Waals surface area contributed by atoms with Crippen molar-refractivity contribution in [2.45, 2.75) is 18.7 Å². The van der Waals surface area contributed by atoms with E-state index in [0.29, 0.717) is 19.8 Å². The Morgan fingerprint density at radius 1 is 1.50 bits per heavy atom. The maximum Gasteiger partial charge on any atom is 0.0948 e. The Balaban J connectivity index is 1.82. The lowest BCUT2D eigenvalue weighted by atomic mass is 10.2. The molecule has 1 aliphatic heterocycles. The minimum Gasteiger partial charge on any atom is -0.389 e. The number of nitrogens with zero attached hydrogens (tertiary/aromatic N) is 2. The quantitative estimate of drug-likeness (QED) is 0.669. The van der Waals surface area contributed by atoms with E-state index in [1.807, 2.05) is 0 Å². The fourth-order valence-electron chi connectivity index (χ4n) is 1.39. The molecule has 0 amide bonds. The van der Waals surface area contributed by atoms with E-state index >= 15 is 0 Å². The molecule has 0 saturated carbocycles. The molecule has 0 spiro atoms. The summed E-state index contributed by atoms with van der Waals surface area (Å²) in [5, 5.41) is 12.6. The third-order valence-corrected chi connectivity index (χ3v) is 2.21. The fourth-order valence-corrected chi connectivity index (χ4v) is 1.39. The lowest BCUT2D eigenvalue weighted by Crippen LogP contribution is -2.38. The first-order valence-electron chi connectivity index (χ1n) is 4.60. The molecule has 76 valence electrons. The van der Waals surface area contributed by atoms with E-state index in [1.54, 1.807) is 18.6 Å². The first kappa shape index (κ1) is 9.51. The average Bonchev–Trinajstić information content (AvgIpc) is 2.63. The number of nitrogens with one attached hydrogen (secondary N) is 1. The molecule has 2 N–H and O–H groups in total. The van der Waals surface area contributed by atoms with Gasteiger partial charge in [-0.1, -0.05) is 0 Å².